The first-order chi connectivity index (χ1) is 11.3. The van der Waals surface area contributed by atoms with Crippen molar-refractivity contribution in [3.05, 3.63) is 12.4 Å². The Bertz CT molecular complexity index is 536. The van der Waals surface area contributed by atoms with Crippen LogP contribution in [0.5, 0.6) is 11.8 Å². The number of piperidine rings is 1. The van der Waals surface area contributed by atoms with E-state index in [9.17, 15) is 4.79 Å². The van der Waals surface area contributed by atoms with Crippen LogP contribution in [0.4, 0.5) is 4.79 Å². The van der Waals surface area contributed by atoms with Crippen molar-refractivity contribution in [1.82, 2.24) is 19.8 Å². The summed E-state index contributed by atoms with van der Waals surface area (Å²) in [5, 5.41) is 0. The number of aromatic nitrogens is 2. The monoisotopic (exact) mass is 322 g/mol. The van der Waals surface area contributed by atoms with E-state index in [-0.39, 0.29) is 12.1 Å². The Kier molecular flexibility index (Phi) is 5.12. The van der Waals surface area contributed by atoms with Crippen molar-refractivity contribution in [1.29, 1.82) is 0 Å². The quantitative estimate of drug-likeness (QED) is 0.818. The Hall–Kier alpha value is -2.09. The first kappa shape index (κ1) is 15.8. The predicted octanol–water partition coefficient (Wildman–Crippen LogP) is 0.781. The fraction of sp³-hybridized carbons (Fsp3) is 0.667. The SMILES string of the molecule is COc1cncc(O[C@@H]2CCCN(C(=O)N3CCOCC3)C2)n1. The van der Waals surface area contributed by atoms with E-state index in [1.54, 1.807) is 6.20 Å². The van der Waals surface area contributed by atoms with E-state index >= 15 is 0 Å². The molecule has 1 aromatic rings. The van der Waals surface area contributed by atoms with Crippen LogP contribution >= 0.6 is 0 Å². The summed E-state index contributed by atoms with van der Waals surface area (Å²) in [6.07, 6.45) is 4.83. The molecule has 0 unspecified atom stereocenters. The molecule has 1 aromatic heterocycles. The average Bonchev–Trinajstić information content (AvgIpc) is 2.62. The van der Waals surface area contributed by atoms with Crippen molar-refractivity contribution in [3.8, 4) is 11.8 Å². The number of carbonyl (C=O) groups excluding carboxylic acids is 1. The molecule has 0 aromatic carbocycles. The summed E-state index contributed by atoms with van der Waals surface area (Å²) in [7, 11) is 1.54. The lowest BCUT2D eigenvalue weighted by atomic mass is 10.1. The maximum Gasteiger partial charge on any atom is 0.320 e. The number of urea groups is 1. The maximum absolute atomic E-state index is 12.5. The highest BCUT2D eigenvalue weighted by Crippen LogP contribution is 2.19. The molecular formula is C15H22N4O4. The summed E-state index contributed by atoms with van der Waals surface area (Å²) in [5.41, 5.74) is 0. The molecule has 2 aliphatic rings. The summed E-state index contributed by atoms with van der Waals surface area (Å²) >= 11 is 0. The molecule has 2 fully saturated rings. The highest BCUT2D eigenvalue weighted by molar-refractivity contribution is 5.74. The van der Waals surface area contributed by atoms with Gasteiger partial charge < -0.3 is 24.0 Å². The fourth-order valence-electron chi connectivity index (χ4n) is 2.82. The van der Waals surface area contributed by atoms with Gasteiger partial charge in [-0.3, -0.25) is 4.98 Å². The average molecular weight is 322 g/mol. The molecule has 8 heteroatoms. The molecule has 0 radical (unpaired) electrons. The Labute approximate surface area is 135 Å². The molecule has 1 atom stereocenters. The van der Waals surface area contributed by atoms with Gasteiger partial charge in [-0.2, -0.15) is 4.98 Å². The van der Waals surface area contributed by atoms with Gasteiger partial charge in [-0.15, -0.1) is 0 Å². The molecule has 3 rings (SSSR count). The van der Waals surface area contributed by atoms with Gasteiger partial charge in [0.2, 0.25) is 11.8 Å². The lowest BCUT2D eigenvalue weighted by Crippen LogP contribution is -2.52. The second-order valence-corrected chi connectivity index (χ2v) is 5.61. The zero-order chi connectivity index (χ0) is 16.1. The number of hydrogen-bond acceptors (Lipinski definition) is 6. The molecule has 126 valence electrons. The van der Waals surface area contributed by atoms with Crippen LogP contribution in [-0.4, -0.2) is 78.4 Å². The number of likely N-dealkylation sites (tertiary alicyclic amines) is 1. The minimum absolute atomic E-state index is 0.0679. The van der Waals surface area contributed by atoms with Crippen molar-refractivity contribution in [2.75, 3.05) is 46.5 Å². The van der Waals surface area contributed by atoms with E-state index in [1.807, 2.05) is 9.80 Å². The van der Waals surface area contributed by atoms with E-state index in [1.165, 1.54) is 13.3 Å². The number of morpholine rings is 1. The minimum Gasteiger partial charge on any atom is -0.480 e. The van der Waals surface area contributed by atoms with Gasteiger partial charge in [-0.1, -0.05) is 0 Å². The summed E-state index contributed by atoms with van der Waals surface area (Å²) in [6.45, 7) is 3.86. The van der Waals surface area contributed by atoms with Crippen LogP contribution in [0.15, 0.2) is 12.4 Å². The van der Waals surface area contributed by atoms with Gasteiger partial charge in [0.15, 0.2) is 0 Å². The van der Waals surface area contributed by atoms with Crippen LogP contribution in [0.25, 0.3) is 0 Å². The van der Waals surface area contributed by atoms with Gasteiger partial charge in [0.1, 0.15) is 6.10 Å². The van der Waals surface area contributed by atoms with Crippen LogP contribution in [0, 0.1) is 0 Å². The molecule has 3 heterocycles. The fourth-order valence-corrected chi connectivity index (χ4v) is 2.82. The standard InChI is InChI=1S/C15H22N4O4/c1-21-13-9-16-10-14(17-13)23-12-3-2-4-19(11-12)15(20)18-5-7-22-8-6-18/h9-10,12H,2-8,11H2,1H3/t12-/m1/s1. The summed E-state index contributed by atoms with van der Waals surface area (Å²) in [6, 6.07) is 0.0679. The summed E-state index contributed by atoms with van der Waals surface area (Å²) in [5.74, 6) is 0.842. The smallest absolute Gasteiger partial charge is 0.320 e. The number of ether oxygens (including phenoxy) is 3. The molecule has 2 saturated heterocycles. The molecule has 2 aliphatic heterocycles. The van der Waals surface area contributed by atoms with Crippen molar-refractivity contribution < 1.29 is 19.0 Å². The van der Waals surface area contributed by atoms with Gasteiger partial charge >= 0.3 is 6.03 Å². The highest BCUT2D eigenvalue weighted by atomic mass is 16.5. The Balaban J connectivity index is 1.58. The second kappa shape index (κ2) is 7.45. The molecule has 0 aliphatic carbocycles. The number of carbonyl (C=O) groups is 1. The largest absolute Gasteiger partial charge is 0.480 e. The number of nitrogens with zero attached hydrogens (tertiary/aromatic N) is 4. The zero-order valence-electron chi connectivity index (χ0n) is 13.3. The number of rotatable bonds is 3. The van der Waals surface area contributed by atoms with Crippen LogP contribution in [-0.2, 0) is 4.74 Å². The van der Waals surface area contributed by atoms with E-state index in [0.29, 0.717) is 44.6 Å². The summed E-state index contributed by atoms with van der Waals surface area (Å²) < 4.78 is 16.2. The molecule has 2 amide bonds. The lowest BCUT2D eigenvalue weighted by molar-refractivity contribution is 0.0325. The Morgan fingerprint density at radius 3 is 2.78 bits per heavy atom. The Morgan fingerprint density at radius 1 is 1.22 bits per heavy atom. The van der Waals surface area contributed by atoms with Gasteiger partial charge in [0.05, 0.1) is 39.3 Å². The maximum atomic E-state index is 12.5. The van der Waals surface area contributed by atoms with E-state index in [0.717, 1.165) is 19.4 Å². The first-order valence-corrected chi connectivity index (χ1v) is 7.90. The number of methoxy groups -OCH3 is 1. The first-order valence-electron chi connectivity index (χ1n) is 7.90. The van der Waals surface area contributed by atoms with Crippen molar-refractivity contribution >= 4 is 6.03 Å². The van der Waals surface area contributed by atoms with Crippen molar-refractivity contribution in [2.45, 2.75) is 18.9 Å². The van der Waals surface area contributed by atoms with Crippen LogP contribution in [0.2, 0.25) is 0 Å². The van der Waals surface area contributed by atoms with Gasteiger partial charge in [0.25, 0.3) is 0 Å². The van der Waals surface area contributed by atoms with Gasteiger partial charge in [0, 0.05) is 19.6 Å². The lowest BCUT2D eigenvalue weighted by Gasteiger charge is -2.37. The molecule has 0 spiro atoms. The normalized spacial score (nSPS) is 21.9. The van der Waals surface area contributed by atoms with Crippen molar-refractivity contribution in [2.24, 2.45) is 0 Å². The third-order valence-electron chi connectivity index (χ3n) is 4.02. The number of amides is 2. The minimum atomic E-state index is -0.0739. The van der Waals surface area contributed by atoms with Crippen LogP contribution < -0.4 is 9.47 Å². The van der Waals surface area contributed by atoms with Gasteiger partial charge in [-0.25, -0.2) is 4.79 Å². The van der Waals surface area contributed by atoms with Crippen LogP contribution in [0.3, 0.4) is 0 Å². The number of hydrogen-bond donors (Lipinski definition) is 0. The molecule has 8 nitrogen and oxygen atoms in total. The van der Waals surface area contributed by atoms with E-state index < -0.39 is 0 Å². The second-order valence-electron chi connectivity index (χ2n) is 5.61. The third kappa shape index (κ3) is 4.01. The van der Waals surface area contributed by atoms with E-state index in [4.69, 9.17) is 14.2 Å². The highest BCUT2D eigenvalue weighted by Gasteiger charge is 2.29. The van der Waals surface area contributed by atoms with Crippen LogP contribution in [0.1, 0.15) is 12.8 Å². The summed E-state index contributed by atoms with van der Waals surface area (Å²) in [4.78, 5) is 24.5. The Morgan fingerprint density at radius 2 is 2.00 bits per heavy atom. The van der Waals surface area contributed by atoms with Crippen molar-refractivity contribution in [3.63, 3.8) is 0 Å². The topological polar surface area (TPSA) is 77.0 Å². The molecule has 0 N–H and O–H groups in total. The predicted molar refractivity (Wildman–Crippen MR) is 81.6 cm³/mol. The molecule has 23 heavy (non-hydrogen) atoms. The molecule has 0 bridgehead atoms. The third-order valence-corrected chi connectivity index (χ3v) is 4.02. The van der Waals surface area contributed by atoms with Gasteiger partial charge in [-0.05, 0) is 12.8 Å². The molecule has 0 saturated carbocycles. The van der Waals surface area contributed by atoms with E-state index in [2.05, 4.69) is 9.97 Å². The zero-order valence-corrected chi connectivity index (χ0v) is 13.3. The molecular weight excluding hydrogens is 300 g/mol.